The number of carbonyl (C=O) groups is 1. The van der Waals surface area contributed by atoms with E-state index in [2.05, 4.69) is 29.2 Å². The standard InChI is InChI=1S/C17H21N3O2/c1-11(2)16-18-17(22-19-16)14-9-15(21)20(10-14)12(3)13-7-5-4-6-8-13/h4-8,11-12,14H,9-10H2,1-3H3. The maximum atomic E-state index is 12.3. The zero-order chi connectivity index (χ0) is 15.7. The predicted molar refractivity (Wildman–Crippen MR) is 82.3 cm³/mol. The van der Waals surface area contributed by atoms with Gasteiger partial charge in [0.1, 0.15) is 0 Å². The number of nitrogens with zero attached hydrogens (tertiary/aromatic N) is 3. The summed E-state index contributed by atoms with van der Waals surface area (Å²) < 4.78 is 5.35. The highest BCUT2D eigenvalue weighted by Gasteiger charge is 2.37. The molecule has 1 amide bonds. The van der Waals surface area contributed by atoms with Gasteiger partial charge in [-0.15, -0.1) is 0 Å². The van der Waals surface area contributed by atoms with Crippen LogP contribution in [0.1, 0.15) is 62.3 Å². The van der Waals surface area contributed by atoms with E-state index in [1.54, 1.807) is 0 Å². The van der Waals surface area contributed by atoms with Gasteiger partial charge in [0.15, 0.2) is 5.82 Å². The highest BCUT2D eigenvalue weighted by atomic mass is 16.5. The Bertz CT molecular complexity index is 651. The summed E-state index contributed by atoms with van der Waals surface area (Å²) in [6.45, 7) is 6.74. The third kappa shape index (κ3) is 2.75. The highest BCUT2D eigenvalue weighted by Crippen LogP contribution is 2.33. The number of hydrogen-bond donors (Lipinski definition) is 0. The molecular weight excluding hydrogens is 278 g/mol. The molecule has 1 aliphatic rings. The predicted octanol–water partition coefficient (Wildman–Crippen LogP) is 3.27. The Kier molecular flexibility index (Phi) is 3.96. The van der Waals surface area contributed by atoms with Gasteiger partial charge in [-0.2, -0.15) is 4.98 Å². The lowest BCUT2D eigenvalue weighted by Gasteiger charge is -2.24. The van der Waals surface area contributed by atoms with E-state index in [-0.39, 0.29) is 23.8 Å². The van der Waals surface area contributed by atoms with Crippen molar-refractivity contribution in [1.82, 2.24) is 15.0 Å². The topological polar surface area (TPSA) is 59.2 Å². The third-order valence-corrected chi connectivity index (χ3v) is 4.23. The summed E-state index contributed by atoms with van der Waals surface area (Å²) >= 11 is 0. The van der Waals surface area contributed by atoms with Crippen LogP contribution in [0.5, 0.6) is 0 Å². The van der Waals surface area contributed by atoms with Gasteiger partial charge < -0.3 is 9.42 Å². The molecule has 0 radical (unpaired) electrons. The molecule has 1 aromatic carbocycles. The Morgan fingerprint density at radius 1 is 1.23 bits per heavy atom. The second-order valence-corrected chi connectivity index (χ2v) is 6.18. The molecule has 0 N–H and O–H groups in total. The summed E-state index contributed by atoms with van der Waals surface area (Å²) in [7, 11) is 0. The van der Waals surface area contributed by atoms with Crippen molar-refractivity contribution in [1.29, 1.82) is 0 Å². The van der Waals surface area contributed by atoms with E-state index < -0.39 is 0 Å². The molecule has 2 atom stereocenters. The van der Waals surface area contributed by atoms with Crippen molar-refractivity contribution in [2.75, 3.05) is 6.54 Å². The molecule has 1 aromatic heterocycles. The van der Waals surface area contributed by atoms with Gasteiger partial charge >= 0.3 is 0 Å². The van der Waals surface area contributed by atoms with Gasteiger partial charge in [-0.3, -0.25) is 4.79 Å². The first-order valence-electron chi connectivity index (χ1n) is 7.74. The van der Waals surface area contributed by atoms with Crippen LogP contribution in [0.2, 0.25) is 0 Å². The molecule has 0 spiro atoms. The molecule has 2 unspecified atom stereocenters. The molecule has 0 bridgehead atoms. The summed E-state index contributed by atoms with van der Waals surface area (Å²) in [6, 6.07) is 10.1. The quantitative estimate of drug-likeness (QED) is 0.869. The Labute approximate surface area is 130 Å². The van der Waals surface area contributed by atoms with Crippen molar-refractivity contribution in [2.45, 2.75) is 45.1 Å². The molecule has 22 heavy (non-hydrogen) atoms. The Morgan fingerprint density at radius 2 is 1.95 bits per heavy atom. The molecule has 1 fully saturated rings. The molecule has 5 heteroatoms. The van der Waals surface area contributed by atoms with E-state index in [9.17, 15) is 4.79 Å². The van der Waals surface area contributed by atoms with Crippen molar-refractivity contribution >= 4 is 5.91 Å². The molecule has 5 nitrogen and oxygen atoms in total. The average Bonchev–Trinajstić information content (AvgIpc) is 3.14. The number of benzene rings is 1. The van der Waals surface area contributed by atoms with Crippen LogP contribution < -0.4 is 0 Å². The SMILES string of the molecule is CC(C)c1noc(C2CC(=O)N(C(C)c3ccccc3)C2)n1. The number of carbonyl (C=O) groups excluding carboxylic acids is 1. The first-order chi connectivity index (χ1) is 10.6. The average molecular weight is 299 g/mol. The number of hydrogen-bond acceptors (Lipinski definition) is 4. The van der Waals surface area contributed by atoms with Gasteiger partial charge in [-0.25, -0.2) is 0 Å². The zero-order valence-electron chi connectivity index (χ0n) is 13.2. The van der Waals surface area contributed by atoms with Crippen molar-refractivity contribution in [3.05, 3.63) is 47.6 Å². The van der Waals surface area contributed by atoms with Crippen LogP contribution in [-0.2, 0) is 4.79 Å². The van der Waals surface area contributed by atoms with Gasteiger partial charge in [-0.05, 0) is 12.5 Å². The lowest BCUT2D eigenvalue weighted by Crippen LogP contribution is -2.28. The van der Waals surface area contributed by atoms with Crippen LogP contribution in [-0.4, -0.2) is 27.5 Å². The van der Waals surface area contributed by atoms with Gasteiger partial charge in [0.05, 0.1) is 12.0 Å². The molecule has 3 rings (SSSR count). The fourth-order valence-electron chi connectivity index (χ4n) is 2.83. The van der Waals surface area contributed by atoms with Crippen LogP contribution in [0.3, 0.4) is 0 Å². The fraction of sp³-hybridized carbons (Fsp3) is 0.471. The third-order valence-electron chi connectivity index (χ3n) is 4.23. The fourth-order valence-corrected chi connectivity index (χ4v) is 2.83. The smallest absolute Gasteiger partial charge is 0.232 e. The van der Waals surface area contributed by atoms with E-state index >= 15 is 0 Å². The molecule has 1 aliphatic heterocycles. The van der Waals surface area contributed by atoms with Crippen molar-refractivity contribution in [3.63, 3.8) is 0 Å². The molecule has 2 heterocycles. The van der Waals surface area contributed by atoms with Crippen molar-refractivity contribution in [3.8, 4) is 0 Å². The first-order valence-corrected chi connectivity index (χ1v) is 7.74. The van der Waals surface area contributed by atoms with Crippen LogP contribution >= 0.6 is 0 Å². The first kappa shape index (κ1) is 14.8. The Balaban J connectivity index is 1.75. The summed E-state index contributed by atoms with van der Waals surface area (Å²) in [5.74, 6) is 1.66. The summed E-state index contributed by atoms with van der Waals surface area (Å²) in [5, 5.41) is 4.00. The number of aromatic nitrogens is 2. The summed E-state index contributed by atoms with van der Waals surface area (Å²) in [4.78, 5) is 18.7. The number of amides is 1. The molecule has 116 valence electrons. The maximum absolute atomic E-state index is 12.3. The second kappa shape index (κ2) is 5.91. The van der Waals surface area contributed by atoms with Crippen LogP contribution in [0.15, 0.2) is 34.9 Å². The van der Waals surface area contributed by atoms with E-state index in [4.69, 9.17) is 4.52 Å². The van der Waals surface area contributed by atoms with Crippen molar-refractivity contribution in [2.24, 2.45) is 0 Å². The molecule has 0 saturated carbocycles. The van der Waals surface area contributed by atoms with Gasteiger partial charge in [-0.1, -0.05) is 49.3 Å². The largest absolute Gasteiger partial charge is 0.339 e. The highest BCUT2D eigenvalue weighted by molar-refractivity contribution is 5.80. The van der Waals surface area contributed by atoms with E-state index in [0.29, 0.717) is 24.7 Å². The summed E-state index contributed by atoms with van der Waals surface area (Å²) in [6.07, 6.45) is 0.441. The van der Waals surface area contributed by atoms with Crippen molar-refractivity contribution < 1.29 is 9.32 Å². The van der Waals surface area contributed by atoms with E-state index in [1.807, 2.05) is 36.9 Å². The monoisotopic (exact) mass is 299 g/mol. The van der Waals surface area contributed by atoms with E-state index in [1.165, 1.54) is 0 Å². The Hall–Kier alpha value is -2.17. The number of likely N-dealkylation sites (tertiary alicyclic amines) is 1. The molecular formula is C17H21N3O2. The number of rotatable bonds is 4. The molecule has 0 aliphatic carbocycles. The van der Waals surface area contributed by atoms with Gasteiger partial charge in [0.2, 0.25) is 11.8 Å². The minimum atomic E-state index is -0.00124. The minimum Gasteiger partial charge on any atom is -0.339 e. The molecule has 2 aromatic rings. The maximum Gasteiger partial charge on any atom is 0.232 e. The van der Waals surface area contributed by atoms with E-state index in [0.717, 1.165) is 5.56 Å². The summed E-state index contributed by atoms with van der Waals surface area (Å²) in [5.41, 5.74) is 1.14. The van der Waals surface area contributed by atoms with Gasteiger partial charge in [0.25, 0.3) is 0 Å². The lowest BCUT2D eigenvalue weighted by molar-refractivity contribution is -0.129. The molecule has 1 saturated heterocycles. The van der Waals surface area contributed by atoms with Crippen LogP contribution in [0.4, 0.5) is 0 Å². The van der Waals surface area contributed by atoms with Crippen LogP contribution in [0.25, 0.3) is 0 Å². The Morgan fingerprint density at radius 3 is 2.59 bits per heavy atom. The normalized spacial score (nSPS) is 19.9. The zero-order valence-corrected chi connectivity index (χ0v) is 13.2. The lowest BCUT2D eigenvalue weighted by atomic mass is 10.1. The second-order valence-electron chi connectivity index (χ2n) is 6.18. The van der Waals surface area contributed by atoms with Crippen LogP contribution in [0, 0.1) is 0 Å². The minimum absolute atomic E-state index is 0.00124. The van der Waals surface area contributed by atoms with Gasteiger partial charge in [0, 0.05) is 18.9 Å².